The molecule has 0 N–H and O–H groups in total. The molecular weight excluding hydrogens is 266 g/mol. The Morgan fingerprint density at radius 2 is 1.82 bits per heavy atom. The fourth-order valence-corrected chi connectivity index (χ4v) is 1.06. The molecule has 0 spiro atoms. The molecule has 1 atom stereocenters. The van der Waals surface area contributed by atoms with Gasteiger partial charge in [0.2, 0.25) is 0 Å². The SMILES string of the molecule is C=Cc1ccc(CP)cc1.I. The average Bonchev–Trinajstić information content (AvgIpc) is 2.05. The monoisotopic (exact) mass is 278 g/mol. The van der Waals surface area contributed by atoms with Crippen LogP contribution < -0.4 is 0 Å². The number of hydrogen-bond acceptors (Lipinski definition) is 0. The van der Waals surface area contributed by atoms with E-state index < -0.39 is 0 Å². The molecular formula is C9H12IP. The summed E-state index contributed by atoms with van der Waals surface area (Å²) < 4.78 is 0. The highest BCUT2D eigenvalue weighted by Gasteiger charge is 1.86. The zero-order chi connectivity index (χ0) is 7.40. The molecule has 0 heterocycles. The van der Waals surface area contributed by atoms with Crippen molar-refractivity contribution in [2.24, 2.45) is 0 Å². The van der Waals surface area contributed by atoms with E-state index in [0.29, 0.717) is 0 Å². The molecule has 0 aliphatic rings. The van der Waals surface area contributed by atoms with Gasteiger partial charge in [-0.15, -0.1) is 33.2 Å². The van der Waals surface area contributed by atoms with Crippen molar-refractivity contribution < 1.29 is 0 Å². The minimum atomic E-state index is 0. The summed E-state index contributed by atoms with van der Waals surface area (Å²) in [6.45, 7) is 3.68. The fraction of sp³-hybridized carbons (Fsp3) is 0.111. The molecule has 11 heavy (non-hydrogen) atoms. The number of halogens is 1. The van der Waals surface area contributed by atoms with Crippen molar-refractivity contribution in [1.29, 1.82) is 0 Å². The van der Waals surface area contributed by atoms with Gasteiger partial charge in [-0.1, -0.05) is 36.9 Å². The summed E-state index contributed by atoms with van der Waals surface area (Å²) in [6, 6.07) is 8.38. The molecule has 0 bridgehead atoms. The van der Waals surface area contributed by atoms with E-state index in [1.165, 1.54) is 11.1 Å². The average molecular weight is 278 g/mol. The summed E-state index contributed by atoms with van der Waals surface area (Å²) in [7, 11) is 2.70. The zero-order valence-corrected chi connectivity index (χ0v) is 9.77. The Kier molecular flexibility index (Phi) is 5.79. The van der Waals surface area contributed by atoms with E-state index in [4.69, 9.17) is 0 Å². The molecule has 0 saturated carbocycles. The van der Waals surface area contributed by atoms with Crippen LogP contribution in [0.25, 0.3) is 6.08 Å². The molecule has 0 aromatic heterocycles. The number of benzene rings is 1. The van der Waals surface area contributed by atoms with Crippen LogP contribution in [0, 0.1) is 0 Å². The highest BCUT2D eigenvalue weighted by molar-refractivity contribution is 14.0. The molecule has 60 valence electrons. The number of rotatable bonds is 2. The Labute approximate surface area is 87.3 Å². The van der Waals surface area contributed by atoms with Gasteiger partial charge >= 0.3 is 0 Å². The highest BCUT2D eigenvalue weighted by Crippen LogP contribution is 2.08. The van der Waals surface area contributed by atoms with Gasteiger partial charge in [-0.25, -0.2) is 0 Å². The van der Waals surface area contributed by atoms with Crippen LogP contribution in [0.4, 0.5) is 0 Å². The van der Waals surface area contributed by atoms with E-state index in [-0.39, 0.29) is 24.0 Å². The molecule has 0 aliphatic carbocycles. The van der Waals surface area contributed by atoms with Gasteiger partial charge in [0.05, 0.1) is 0 Å². The molecule has 2 heteroatoms. The maximum absolute atomic E-state index is 3.68. The first-order valence-corrected chi connectivity index (χ1v) is 4.10. The summed E-state index contributed by atoms with van der Waals surface area (Å²) in [5, 5.41) is 0. The van der Waals surface area contributed by atoms with Gasteiger partial charge in [0.15, 0.2) is 0 Å². The van der Waals surface area contributed by atoms with E-state index in [1.54, 1.807) is 0 Å². The van der Waals surface area contributed by atoms with Gasteiger partial charge in [0, 0.05) is 0 Å². The minimum Gasteiger partial charge on any atom is -0.133 e. The summed E-state index contributed by atoms with van der Waals surface area (Å²) in [6.07, 6.45) is 2.88. The lowest BCUT2D eigenvalue weighted by Crippen LogP contribution is -1.75. The van der Waals surface area contributed by atoms with Crippen LogP contribution in [0.3, 0.4) is 0 Å². The topological polar surface area (TPSA) is 0 Å². The van der Waals surface area contributed by atoms with Gasteiger partial charge in [-0.3, -0.25) is 0 Å². The van der Waals surface area contributed by atoms with Crippen LogP contribution in [0.15, 0.2) is 30.8 Å². The second-order valence-electron chi connectivity index (χ2n) is 2.15. The van der Waals surface area contributed by atoms with Gasteiger partial charge in [-0.2, -0.15) is 0 Å². The Morgan fingerprint density at radius 1 is 1.27 bits per heavy atom. The predicted octanol–water partition coefficient (Wildman–Crippen LogP) is 3.32. The van der Waals surface area contributed by atoms with Crippen LogP contribution in [0.5, 0.6) is 0 Å². The van der Waals surface area contributed by atoms with Gasteiger partial charge < -0.3 is 0 Å². The molecule has 1 unspecified atom stereocenters. The van der Waals surface area contributed by atoms with Crippen LogP contribution in [-0.2, 0) is 6.16 Å². The van der Waals surface area contributed by atoms with Crippen molar-refractivity contribution >= 4 is 39.3 Å². The summed E-state index contributed by atoms with van der Waals surface area (Å²) in [4.78, 5) is 0. The highest BCUT2D eigenvalue weighted by atomic mass is 127. The second-order valence-corrected chi connectivity index (χ2v) is 2.56. The van der Waals surface area contributed by atoms with E-state index >= 15 is 0 Å². The molecule has 0 fully saturated rings. The lowest BCUT2D eigenvalue weighted by atomic mass is 10.1. The van der Waals surface area contributed by atoms with Crippen molar-refractivity contribution in [2.75, 3.05) is 0 Å². The lowest BCUT2D eigenvalue weighted by Gasteiger charge is -1.95. The zero-order valence-electron chi connectivity index (χ0n) is 6.29. The Morgan fingerprint density at radius 3 is 2.18 bits per heavy atom. The van der Waals surface area contributed by atoms with Crippen LogP contribution in [0.2, 0.25) is 0 Å². The first kappa shape index (κ1) is 11.1. The van der Waals surface area contributed by atoms with Crippen molar-refractivity contribution in [3.05, 3.63) is 42.0 Å². The van der Waals surface area contributed by atoms with Gasteiger partial charge in [0.1, 0.15) is 0 Å². The third-order valence-electron chi connectivity index (χ3n) is 1.45. The van der Waals surface area contributed by atoms with Gasteiger partial charge in [-0.05, 0) is 17.3 Å². The molecule has 0 amide bonds. The smallest absolute Gasteiger partial charge is 0.0128 e. The van der Waals surface area contributed by atoms with E-state index in [9.17, 15) is 0 Å². The lowest BCUT2D eigenvalue weighted by molar-refractivity contribution is 1.41. The van der Waals surface area contributed by atoms with E-state index in [0.717, 1.165) is 6.16 Å². The maximum Gasteiger partial charge on any atom is -0.0128 e. The Hall–Kier alpha value is 0.120. The van der Waals surface area contributed by atoms with Crippen molar-refractivity contribution in [1.82, 2.24) is 0 Å². The van der Waals surface area contributed by atoms with Crippen molar-refractivity contribution in [2.45, 2.75) is 6.16 Å². The second kappa shape index (κ2) is 5.73. The third kappa shape index (κ3) is 3.35. The molecule has 1 rings (SSSR count). The minimum absolute atomic E-state index is 0. The largest absolute Gasteiger partial charge is 0.133 e. The Balaban J connectivity index is 0.000001000. The van der Waals surface area contributed by atoms with Crippen LogP contribution in [0.1, 0.15) is 11.1 Å². The van der Waals surface area contributed by atoms with Crippen molar-refractivity contribution in [3.63, 3.8) is 0 Å². The summed E-state index contributed by atoms with van der Waals surface area (Å²) >= 11 is 0. The normalized spacial score (nSPS) is 8.45. The Bertz CT molecular complexity index is 216. The third-order valence-corrected chi connectivity index (χ3v) is 1.92. The standard InChI is InChI=1S/C9H11P.HI/c1-2-8-3-5-9(7-10)6-4-8;/h2-6H,1,7,10H2;1H. The molecule has 0 saturated heterocycles. The number of hydrogen-bond donors (Lipinski definition) is 0. The van der Waals surface area contributed by atoms with Crippen LogP contribution >= 0.6 is 33.2 Å². The van der Waals surface area contributed by atoms with Crippen molar-refractivity contribution in [3.8, 4) is 0 Å². The molecule has 1 aromatic carbocycles. The molecule has 0 nitrogen and oxygen atoms in total. The van der Waals surface area contributed by atoms with Gasteiger partial charge in [0.25, 0.3) is 0 Å². The first-order valence-electron chi connectivity index (χ1n) is 3.28. The molecule has 0 radical (unpaired) electrons. The predicted molar refractivity (Wildman–Crippen MR) is 65.4 cm³/mol. The summed E-state index contributed by atoms with van der Waals surface area (Å²) in [5.41, 5.74) is 2.53. The fourth-order valence-electron chi connectivity index (χ4n) is 0.790. The maximum atomic E-state index is 3.68. The van der Waals surface area contributed by atoms with E-state index in [2.05, 4.69) is 40.1 Å². The first-order chi connectivity index (χ1) is 4.86. The van der Waals surface area contributed by atoms with E-state index in [1.807, 2.05) is 6.08 Å². The molecule has 1 aromatic rings. The van der Waals surface area contributed by atoms with Crippen LogP contribution in [-0.4, -0.2) is 0 Å². The quantitative estimate of drug-likeness (QED) is 0.575. The summed E-state index contributed by atoms with van der Waals surface area (Å²) in [5.74, 6) is 0. The molecule has 0 aliphatic heterocycles.